The van der Waals surface area contributed by atoms with Crippen LogP contribution in [0.5, 0.6) is 0 Å². The predicted octanol–water partition coefficient (Wildman–Crippen LogP) is 6.43. The monoisotopic (exact) mass is 751 g/mol. The number of aliphatic hydroxyl groups excluding tert-OH is 4. The van der Waals surface area contributed by atoms with Gasteiger partial charge < -0.3 is 35.2 Å². The summed E-state index contributed by atoms with van der Waals surface area (Å²) < 4.78 is 47.3. The van der Waals surface area contributed by atoms with Gasteiger partial charge in [-0.15, -0.1) is 0 Å². The molecule has 1 fully saturated rings. The van der Waals surface area contributed by atoms with E-state index in [1.807, 2.05) is 6.08 Å². The number of carbonyl (C=O) groups is 1. The van der Waals surface area contributed by atoms with Gasteiger partial charge in [0.1, 0.15) is 24.4 Å². The van der Waals surface area contributed by atoms with Crippen LogP contribution in [0.15, 0.2) is 12.2 Å². The maximum absolute atomic E-state index is 12.9. The Morgan fingerprint density at radius 2 is 1.24 bits per heavy atom. The van der Waals surface area contributed by atoms with Crippen LogP contribution in [0.4, 0.5) is 0 Å². The molecule has 6 N–H and O–H groups in total. The van der Waals surface area contributed by atoms with E-state index in [4.69, 9.17) is 14.0 Å². The Kier molecular flexibility index (Phi) is 28.3. The molecule has 1 rings (SSSR count). The highest BCUT2D eigenvalue weighted by Crippen LogP contribution is 2.26. The van der Waals surface area contributed by atoms with Crippen molar-refractivity contribution >= 4 is 16.3 Å². The van der Waals surface area contributed by atoms with Gasteiger partial charge in [-0.2, -0.15) is 8.42 Å². The van der Waals surface area contributed by atoms with Crippen LogP contribution in [0.3, 0.4) is 0 Å². The first-order valence-corrected chi connectivity index (χ1v) is 21.4. The number of allylic oxidation sites excluding steroid dienone is 1. The molecule has 1 saturated heterocycles. The average Bonchev–Trinajstić information content (AvgIpc) is 3.09. The summed E-state index contributed by atoms with van der Waals surface area (Å²) in [5, 5.41) is 44.4. The Labute approximate surface area is 309 Å². The predicted molar refractivity (Wildman–Crippen MR) is 199 cm³/mol. The van der Waals surface area contributed by atoms with Crippen LogP contribution in [0, 0.1) is 0 Å². The molecule has 0 aromatic rings. The third-order valence-corrected chi connectivity index (χ3v) is 10.0. The summed E-state index contributed by atoms with van der Waals surface area (Å²) in [5.74, 6) is -0.266. The van der Waals surface area contributed by atoms with Crippen LogP contribution < -0.4 is 5.32 Å². The van der Waals surface area contributed by atoms with Gasteiger partial charge in [0.05, 0.1) is 25.4 Å². The number of nitrogens with one attached hydrogen (secondary N) is 1. The lowest BCUT2D eigenvalue weighted by atomic mass is 9.99. The van der Waals surface area contributed by atoms with Crippen molar-refractivity contribution in [3.8, 4) is 0 Å². The van der Waals surface area contributed by atoms with E-state index in [2.05, 4.69) is 23.3 Å². The summed E-state index contributed by atoms with van der Waals surface area (Å²) in [4.78, 5) is 12.9. The zero-order valence-electron chi connectivity index (χ0n) is 31.7. The maximum Gasteiger partial charge on any atom is 0.397 e. The van der Waals surface area contributed by atoms with Gasteiger partial charge >= 0.3 is 10.4 Å². The number of unbranched alkanes of at least 4 members (excludes halogenated alkanes) is 21. The smallest absolute Gasteiger partial charge is 0.394 e. The van der Waals surface area contributed by atoms with Crippen molar-refractivity contribution in [3.05, 3.63) is 12.2 Å². The molecule has 7 unspecified atom stereocenters. The van der Waals surface area contributed by atoms with Crippen LogP contribution in [-0.4, -0.2) is 95.4 Å². The first kappa shape index (κ1) is 47.9. The first-order chi connectivity index (χ1) is 24.5. The van der Waals surface area contributed by atoms with Crippen LogP contribution in [0.25, 0.3) is 0 Å². The van der Waals surface area contributed by atoms with Gasteiger partial charge in [0.15, 0.2) is 6.29 Å². The Balaban J connectivity index is 2.62. The molecule has 0 aromatic heterocycles. The molecule has 1 aliphatic rings. The molecule has 0 spiro atoms. The van der Waals surface area contributed by atoms with Crippen molar-refractivity contribution in [2.75, 3.05) is 13.2 Å². The van der Waals surface area contributed by atoms with Gasteiger partial charge in [-0.25, -0.2) is 4.18 Å². The second-order valence-electron chi connectivity index (χ2n) is 14.2. The van der Waals surface area contributed by atoms with E-state index in [1.54, 1.807) is 6.08 Å². The lowest BCUT2D eigenvalue weighted by Crippen LogP contribution is -2.61. The van der Waals surface area contributed by atoms with E-state index in [0.29, 0.717) is 6.42 Å². The molecule has 13 heteroatoms. The molecule has 7 atom stereocenters. The molecule has 1 amide bonds. The lowest BCUT2D eigenvalue weighted by Gasteiger charge is -2.41. The van der Waals surface area contributed by atoms with Crippen LogP contribution in [0.2, 0.25) is 0 Å². The average molecular weight is 752 g/mol. The van der Waals surface area contributed by atoms with Crippen LogP contribution in [0.1, 0.15) is 168 Å². The van der Waals surface area contributed by atoms with Gasteiger partial charge in [-0.1, -0.05) is 154 Å². The van der Waals surface area contributed by atoms with Gasteiger partial charge in [0, 0.05) is 6.42 Å². The molecule has 12 nitrogen and oxygen atoms in total. The summed E-state index contributed by atoms with van der Waals surface area (Å²) in [6, 6.07) is -0.935. The highest BCUT2D eigenvalue weighted by atomic mass is 32.3. The summed E-state index contributed by atoms with van der Waals surface area (Å²) in [5.41, 5.74) is 0. The second-order valence-corrected chi connectivity index (χ2v) is 15.3. The minimum atomic E-state index is -5.07. The van der Waals surface area contributed by atoms with E-state index >= 15 is 0 Å². The number of hydrogen-bond acceptors (Lipinski definition) is 10. The zero-order chi connectivity index (χ0) is 37.7. The van der Waals surface area contributed by atoms with Gasteiger partial charge in [-0.3, -0.25) is 9.35 Å². The van der Waals surface area contributed by atoms with E-state index in [0.717, 1.165) is 38.5 Å². The molecule has 302 valence electrons. The first-order valence-electron chi connectivity index (χ1n) is 20.1. The molecule has 51 heavy (non-hydrogen) atoms. The zero-order valence-corrected chi connectivity index (χ0v) is 32.5. The van der Waals surface area contributed by atoms with Gasteiger partial charge in [0.2, 0.25) is 5.91 Å². The topological polar surface area (TPSA) is 192 Å². The van der Waals surface area contributed by atoms with E-state index in [1.165, 1.54) is 103 Å². The number of amides is 1. The van der Waals surface area contributed by atoms with E-state index in [9.17, 15) is 33.6 Å². The van der Waals surface area contributed by atoms with Crippen LogP contribution >= 0.6 is 0 Å². The quantitative estimate of drug-likeness (QED) is 0.0246. The molecule has 0 saturated carbocycles. The van der Waals surface area contributed by atoms with Crippen LogP contribution in [-0.2, 0) is 28.9 Å². The standard InChI is InChI=1S/C38H73NO11S/c1-3-5-7-9-11-13-15-16-17-18-19-21-23-25-27-32(41)31(39-34(42)28-26-24-22-20-14-12-10-8-6-4-2)30-48-38-36(44)37(50-51(45,46)47)35(43)33(29-40)49-38/h25,27,31-33,35-38,40-41,43-44H,3-24,26,28-30H2,1-2H3,(H,39,42)(H,45,46,47)/b27-25+. The number of ether oxygens (including phenoxy) is 2. The largest absolute Gasteiger partial charge is 0.397 e. The molecular formula is C38H73NO11S. The normalized spacial score (nSPS) is 22.4. The minimum absolute atomic E-state index is 0.266. The Bertz CT molecular complexity index is 983. The Morgan fingerprint density at radius 1 is 0.765 bits per heavy atom. The van der Waals surface area contributed by atoms with Crippen molar-refractivity contribution in [2.24, 2.45) is 0 Å². The van der Waals surface area contributed by atoms with Gasteiger partial charge in [0.25, 0.3) is 0 Å². The summed E-state index contributed by atoms with van der Waals surface area (Å²) in [7, 11) is -5.07. The Hall–Kier alpha value is -1.16. The molecule has 1 heterocycles. The fraction of sp³-hybridized carbons (Fsp3) is 0.921. The molecule has 0 aromatic carbocycles. The molecule has 0 radical (unpaired) electrons. The van der Waals surface area contributed by atoms with Crippen molar-refractivity contribution in [2.45, 2.75) is 211 Å². The number of rotatable bonds is 33. The fourth-order valence-corrected chi connectivity index (χ4v) is 6.90. The fourth-order valence-electron chi connectivity index (χ4n) is 6.39. The summed E-state index contributed by atoms with van der Waals surface area (Å²) in [6.45, 7) is 3.34. The minimum Gasteiger partial charge on any atom is -0.394 e. The lowest BCUT2D eigenvalue weighted by molar-refractivity contribution is -0.298. The van der Waals surface area contributed by atoms with E-state index < -0.39 is 59.9 Å². The molecule has 1 aliphatic heterocycles. The van der Waals surface area contributed by atoms with Gasteiger partial charge in [-0.05, 0) is 19.3 Å². The third kappa shape index (κ3) is 24.0. The maximum atomic E-state index is 12.9. The number of aliphatic hydroxyl groups is 4. The van der Waals surface area contributed by atoms with E-state index in [-0.39, 0.29) is 18.9 Å². The molecular weight excluding hydrogens is 678 g/mol. The number of carbonyl (C=O) groups excluding carboxylic acids is 1. The highest BCUT2D eigenvalue weighted by Gasteiger charge is 2.48. The summed E-state index contributed by atoms with van der Waals surface area (Å²) >= 11 is 0. The second kappa shape index (κ2) is 30.2. The molecule has 0 aliphatic carbocycles. The summed E-state index contributed by atoms with van der Waals surface area (Å²) in [6.07, 6.45) is 21.2. The third-order valence-electron chi connectivity index (χ3n) is 9.57. The SMILES string of the molecule is CCCCCCCCCCCCCC/C=C/C(O)C(COC1OC(CO)C(O)C(OS(=O)(=O)O)C1O)NC(=O)CCCCCCCCCCCC. The number of hydrogen-bond donors (Lipinski definition) is 6. The molecule has 0 bridgehead atoms. The van der Waals surface area contributed by atoms with Crippen molar-refractivity contribution < 1.29 is 51.8 Å². The van der Waals surface area contributed by atoms with Crippen molar-refractivity contribution in [1.82, 2.24) is 5.32 Å². The van der Waals surface area contributed by atoms with Crippen molar-refractivity contribution in [3.63, 3.8) is 0 Å². The highest BCUT2D eigenvalue weighted by molar-refractivity contribution is 7.80. The Morgan fingerprint density at radius 3 is 1.71 bits per heavy atom. The van der Waals surface area contributed by atoms with Crippen molar-refractivity contribution in [1.29, 1.82) is 0 Å².